The van der Waals surface area contributed by atoms with Crippen molar-refractivity contribution in [2.75, 3.05) is 7.11 Å². The Balaban J connectivity index is 2.47. The summed E-state index contributed by atoms with van der Waals surface area (Å²) in [6.45, 7) is 3.77. The normalized spacial score (nSPS) is 12.3. The number of aliphatic hydroxyl groups excluding tert-OH is 1. The standard InChI is InChI=1S/C16H16ClFO2/c1-9-5-15(20-3)10(2)4-14(9)16(19)11-6-12(17)8-13(18)7-11/h4-8,16,19H,1-3H3. The maximum Gasteiger partial charge on any atom is 0.125 e. The molecule has 106 valence electrons. The van der Waals surface area contributed by atoms with E-state index in [-0.39, 0.29) is 5.02 Å². The Morgan fingerprint density at radius 1 is 1.10 bits per heavy atom. The largest absolute Gasteiger partial charge is 0.496 e. The number of rotatable bonds is 3. The molecule has 0 fully saturated rings. The molecule has 0 spiro atoms. The summed E-state index contributed by atoms with van der Waals surface area (Å²) in [5.74, 6) is 0.296. The molecular formula is C16H16ClFO2. The number of ether oxygens (including phenoxy) is 1. The maximum atomic E-state index is 13.4. The van der Waals surface area contributed by atoms with Crippen molar-refractivity contribution in [3.05, 3.63) is 63.4 Å². The molecule has 0 aromatic heterocycles. The third-order valence-corrected chi connectivity index (χ3v) is 3.50. The van der Waals surface area contributed by atoms with E-state index in [0.717, 1.165) is 16.9 Å². The molecule has 0 saturated heterocycles. The Kier molecular flexibility index (Phi) is 4.31. The molecule has 1 N–H and O–H groups in total. The van der Waals surface area contributed by atoms with E-state index in [4.69, 9.17) is 16.3 Å². The third-order valence-electron chi connectivity index (χ3n) is 3.28. The molecule has 4 heteroatoms. The zero-order valence-electron chi connectivity index (χ0n) is 11.6. The number of halogens is 2. The molecule has 1 atom stereocenters. The summed E-state index contributed by atoms with van der Waals surface area (Å²) in [5.41, 5.74) is 2.93. The van der Waals surface area contributed by atoms with E-state index in [1.165, 1.54) is 12.1 Å². The molecule has 0 aliphatic rings. The molecule has 2 aromatic carbocycles. The predicted octanol–water partition coefficient (Wildman–Crippen LogP) is 4.19. The molecule has 0 saturated carbocycles. The summed E-state index contributed by atoms with van der Waals surface area (Å²) < 4.78 is 18.6. The number of hydrogen-bond donors (Lipinski definition) is 1. The van der Waals surface area contributed by atoms with E-state index < -0.39 is 11.9 Å². The highest BCUT2D eigenvalue weighted by atomic mass is 35.5. The van der Waals surface area contributed by atoms with Gasteiger partial charge in [-0.25, -0.2) is 4.39 Å². The van der Waals surface area contributed by atoms with Gasteiger partial charge in [-0.15, -0.1) is 0 Å². The highest BCUT2D eigenvalue weighted by Crippen LogP contribution is 2.31. The lowest BCUT2D eigenvalue weighted by atomic mass is 9.95. The summed E-state index contributed by atoms with van der Waals surface area (Å²) in [6.07, 6.45) is -0.923. The van der Waals surface area contributed by atoms with E-state index in [2.05, 4.69) is 0 Å². The lowest BCUT2D eigenvalue weighted by Crippen LogP contribution is -2.04. The number of methoxy groups -OCH3 is 1. The van der Waals surface area contributed by atoms with Crippen LogP contribution >= 0.6 is 11.6 Å². The predicted molar refractivity (Wildman–Crippen MR) is 77.9 cm³/mol. The van der Waals surface area contributed by atoms with Crippen LogP contribution < -0.4 is 4.74 Å². The minimum atomic E-state index is -0.923. The molecular weight excluding hydrogens is 279 g/mol. The molecule has 0 heterocycles. The van der Waals surface area contributed by atoms with Crippen LogP contribution in [0.3, 0.4) is 0 Å². The van der Waals surface area contributed by atoms with Crippen molar-refractivity contribution >= 4 is 11.6 Å². The van der Waals surface area contributed by atoms with Crippen LogP contribution in [0.15, 0.2) is 30.3 Å². The van der Waals surface area contributed by atoms with Gasteiger partial charge in [-0.3, -0.25) is 0 Å². The van der Waals surface area contributed by atoms with Gasteiger partial charge in [0.2, 0.25) is 0 Å². The number of aliphatic hydroxyl groups is 1. The van der Waals surface area contributed by atoms with Gasteiger partial charge in [-0.2, -0.15) is 0 Å². The van der Waals surface area contributed by atoms with Crippen LogP contribution in [0.1, 0.15) is 28.4 Å². The zero-order chi connectivity index (χ0) is 14.9. The molecule has 2 rings (SSSR count). The first-order chi connectivity index (χ1) is 9.42. The van der Waals surface area contributed by atoms with Gasteiger partial charge in [0, 0.05) is 5.02 Å². The van der Waals surface area contributed by atoms with Crippen LogP contribution in [0.25, 0.3) is 0 Å². The lowest BCUT2D eigenvalue weighted by Gasteiger charge is -2.17. The van der Waals surface area contributed by atoms with Crippen molar-refractivity contribution in [1.29, 1.82) is 0 Å². The Bertz CT molecular complexity index is 620. The Hall–Kier alpha value is -1.58. The van der Waals surface area contributed by atoms with E-state index in [9.17, 15) is 9.50 Å². The van der Waals surface area contributed by atoms with Crippen LogP contribution in [0, 0.1) is 19.7 Å². The molecule has 1 unspecified atom stereocenters. The number of aryl methyl sites for hydroxylation is 2. The minimum Gasteiger partial charge on any atom is -0.496 e. The lowest BCUT2D eigenvalue weighted by molar-refractivity contribution is 0.219. The topological polar surface area (TPSA) is 29.5 Å². The van der Waals surface area contributed by atoms with Crippen molar-refractivity contribution in [3.8, 4) is 5.75 Å². The Labute approximate surface area is 122 Å². The second kappa shape index (κ2) is 5.81. The van der Waals surface area contributed by atoms with Crippen LogP contribution in [-0.4, -0.2) is 12.2 Å². The van der Waals surface area contributed by atoms with Gasteiger partial charge in [0.05, 0.1) is 7.11 Å². The fraction of sp³-hybridized carbons (Fsp3) is 0.250. The van der Waals surface area contributed by atoms with E-state index in [0.29, 0.717) is 11.1 Å². The van der Waals surface area contributed by atoms with Gasteiger partial charge in [-0.1, -0.05) is 11.6 Å². The van der Waals surface area contributed by atoms with E-state index in [1.807, 2.05) is 26.0 Å². The first-order valence-corrected chi connectivity index (χ1v) is 6.59. The van der Waals surface area contributed by atoms with E-state index in [1.54, 1.807) is 13.2 Å². The molecule has 2 nitrogen and oxygen atoms in total. The highest BCUT2D eigenvalue weighted by Gasteiger charge is 2.16. The second-order valence-electron chi connectivity index (χ2n) is 4.78. The van der Waals surface area contributed by atoms with Crippen molar-refractivity contribution < 1.29 is 14.2 Å². The molecule has 0 aliphatic carbocycles. The first-order valence-electron chi connectivity index (χ1n) is 6.21. The fourth-order valence-corrected chi connectivity index (χ4v) is 2.47. The molecule has 0 amide bonds. The molecule has 2 aromatic rings. The Morgan fingerprint density at radius 2 is 1.80 bits per heavy atom. The van der Waals surface area contributed by atoms with Crippen molar-refractivity contribution in [2.24, 2.45) is 0 Å². The Morgan fingerprint density at radius 3 is 2.40 bits per heavy atom. The van der Waals surface area contributed by atoms with Crippen LogP contribution in [0.5, 0.6) is 5.75 Å². The number of benzene rings is 2. The summed E-state index contributed by atoms with van der Waals surface area (Å²) in [6, 6.07) is 7.76. The van der Waals surface area contributed by atoms with Crippen LogP contribution in [0.2, 0.25) is 5.02 Å². The monoisotopic (exact) mass is 294 g/mol. The zero-order valence-corrected chi connectivity index (χ0v) is 12.3. The van der Waals surface area contributed by atoms with Gasteiger partial charge in [0.1, 0.15) is 17.7 Å². The number of hydrogen-bond acceptors (Lipinski definition) is 2. The van der Waals surface area contributed by atoms with Gasteiger partial charge in [-0.05, 0) is 66.4 Å². The summed E-state index contributed by atoms with van der Waals surface area (Å²) in [7, 11) is 1.60. The average Bonchev–Trinajstić information content (AvgIpc) is 2.39. The van der Waals surface area contributed by atoms with Crippen molar-refractivity contribution in [1.82, 2.24) is 0 Å². The SMILES string of the molecule is COc1cc(C)c(C(O)c2cc(F)cc(Cl)c2)cc1C. The maximum absolute atomic E-state index is 13.4. The summed E-state index contributed by atoms with van der Waals surface area (Å²) >= 11 is 5.83. The molecule has 0 bridgehead atoms. The van der Waals surface area contributed by atoms with Gasteiger partial charge < -0.3 is 9.84 Å². The second-order valence-corrected chi connectivity index (χ2v) is 5.22. The first kappa shape index (κ1) is 14.8. The van der Waals surface area contributed by atoms with Crippen molar-refractivity contribution in [2.45, 2.75) is 20.0 Å². The summed E-state index contributed by atoms with van der Waals surface area (Å²) in [4.78, 5) is 0. The average molecular weight is 295 g/mol. The van der Waals surface area contributed by atoms with Crippen LogP contribution in [0.4, 0.5) is 4.39 Å². The molecule has 0 radical (unpaired) electrons. The van der Waals surface area contributed by atoms with Crippen molar-refractivity contribution in [3.63, 3.8) is 0 Å². The quantitative estimate of drug-likeness (QED) is 0.920. The van der Waals surface area contributed by atoms with Gasteiger partial charge >= 0.3 is 0 Å². The summed E-state index contributed by atoms with van der Waals surface area (Å²) in [5, 5.41) is 10.7. The fourth-order valence-electron chi connectivity index (χ4n) is 2.24. The van der Waals surface area contributed by atoms with E-state index >= 15 is 0 Å². The van der Waals surface area contributed by atoms with Gasteiger partial charge in [0.15, 0.2) is 0 Å². The molecule has 20 heavy (non-hydrogen) atoms. The highest BCUT2D eigenvalue weighted by molar-refractivity contribution is 6.30. The smallest absolute Gasteiger partial charge is 0.125 e. The third kappa shape index (κ3) is 2.94. The molecule has 0 aliphatic heterocycles. The van der Waals surface area contributed by atoms with Gasteiger partial charge in [0.25, 0.3) is 0 Å². The van der Waals surface area contributed by atoms with Crippen LogP contribution in [-0.2, 0) is 0 Å². The minimum absolute atomic E-state index is 0.266.